The quantitative estimate of drug-likeness (QED) is 0.680. The monoisotopic (exact) mass is 294 g/mol. The molecule has 2 unspecified atom stereocenters. The summed E-state index contributed by atoms with van der Waals surface area (Å²) in [5.74, 6) is 1.73. The van der Waals surface area contributed by atoms with E-state index in [-0.39, 0.29) is 0 Å². The van der Waals surface area contributed by atoms with Crippen molar-refractivity contribution in [3.8, 4) is 0 Å². The molecule has 2 saturated heterocycles. The van der Waals surface area contributed by atoms with Crippen molar-refractivity contribution in [3.63, 3.8) is 0 Å². The average Bonchev–Trinajstić information content (AvgIpc) is 3.10. The number of aromatic nitrogens is 3. The number of aliphatic hydroxyl groups is 2. The Labute approximate surface area is 123 Å². The van der Waals surface area contributed by atoms with Crippen LogP contribution in [0, 0.1) is 0 Å². The molecule has 2 atom stereocenters. The predicted molar refractivity (Wildman–Crippen MR) is 79.7 cm³/mol. The highest BCUT2D eigenvalue weighted by molar-refractivity contribution is 5.46. The number of nitrogens with one attached hydrogen (secondary N) is 1. The lowest BCUT2D eigenvalue weighted by Crippen LogP contribution is -2.27. The van der Waals surface area contributed by atoms with E-state index in [0.29, 0.717) is 30.9 Å². The average molecular weight is 294 g/mol. The smallest absolute Gasteiger partial charge is 0.232 e. The Hall–Kier alpha value is -1.67. The highest BCUT2D eigenvalue weighted by Gasteiger charge is 2.32. The van der Waals surface area contributed by atoms with Gasteiger partial charge in [-0.15, -0.1) is 0 Å². The summed E-state index contributed by atoms with van der Waals surface area (Å²) >= 11 is 0. The normalized spacial score (nSPS) is 25.7. The van der Waals surface area contributed by atoms with Gasteiger partial charge in [0.2, 0.25) is 17.8 Å². The first-order valence-corrected chi connectivity index (χ1v) is 7.53. The fraction of sp³-hybridized carbons (Fsp3) is 0.769. The van der Waals surface area contributed by atoms with E-state index in [1.807, 2.05) is 6.92 Å². The molecule has 0 aliphatic carbocycles. The first kappa shape index (κ1) is 14.3. The summed E-state index contributed by atoms with van der Waals surface area (Å²) in [5, 5.41) is 22.5. The molecule has 3 N–H and O–H groups in total. The van der Waals surface area contributed by atoms with E-state index in [1.165, 1.54) is 0 Å². The number of aliphatic hydroxyl groups excluding tert-OH is 2. The molecule has 0 spiro atoms. The van der Waals surface area contributed by atoms with Crippen molar-refractivity contribution in [2.45, 2.75) is 32.0 Å². The summed E-state index contributed by atoms with van der Waals surface area (Å²) in [5.41, 5.74) is 0. The van der Waals surface area contributed by atoms with Crippen molar-refractivity contribution in [2.75, 3.05) is 47.8 Å². The first-order valence-electron chi connectivity index (χ1n) is 7.53. The fourth-order valence-corrected chi connectivity index (χ4v) is 2.72. The molecule has 2 fully saturated rings. The minimum Gasteiger partial charge on any atom is -0.388 e. The molecule has 8 heteroatoms. The highest BCUT2D eigenvalue weighted by Crippen LogP contribution is 2.23. The van der Waals surface area contributed by atoms with Gasteiger partial charge in [0.1, 0.15) is 0 Å². The summed E-state index contributed by atoms with van der Waals surface area (Å²) in [6.45, 7) is 5.32. The zero-order chi connectivity index (χ0) is 14.8. The third-order valence-electron chi connectivity index (χ3n) is 3.88. The van der Waals surface area contributed by atoms with Crippen LogP contribution in [-0.2, 0) is 0 Å². The van der Waals surface area contributed by atoms with Gasteiger partial charge < -0.3 is 25.3 Å². The molecule has 2 aliphatic rings. The van der Waals surface area contributed by atoms with Crippen molar-refractivity contribution >= 4 is 17.8 Å². The molecule has 0 radical (unpaired) electrons. The molecule has 1 aromatic heterocycles. The van der Waals surface area contributed by atoms with Crippen LogP contribution in [0.5, 0.6) is 0 Å². The van der Waals surface area contributed by atoms with E-state index in [2.05, 4.69) is 25.2 Å². The summed E-state index contributed by atoms with van der Waals surface area (Å²) in [4.78, 5) is 17.3. The van der Waals surface area contributed by atoms with Gasteiger partial charge in [-0.3, -0.25) is 0 Å². The van der Waals surface area contributed by atoms with Gasteiger partial charge >= 0.3 is 0 Å². The van der Waals surface area contributed by atoms with Gasteiger partial charge in [0.25, 0.3) is 0 Å². The first-order chi connectivity index (χ1) is 10.2. The second-order valence-corrected chi connectivity index (χ2v) is 5.52. The topological polar surface area (TPSA) is 97.6 Å². The zero-order valence-corrected chi connectivity index (χ0v) is 12.2. The Kier molecular flexibility index (Phi) is 4.07. The largest absolute Gasteiger partial charge is 0.388 e. The lowest BCUT2D eigenvalue weighted by Gasteiger charge is -2.20. The molecule has 0 saturated carbocycles. The van der Waals surface area contributed by atoms with Crippen molar-refractivity contribution in [2.24, 2.45) is 0 Å². The van der Waals surface area contributed by atoms with Gasteiger partial charge in [0, 0.05) is 32.7 Å². The lowest BCUT2D eigenvalue weighted by molar-refractivity contribution is 0.0572. The highest BCUT2D eigenvalue weighted by atomic mass is 16.3. The zero-order valence-electron chi connectivity index (χ0n) is 12.2. The number of nitrogens with zero attached hydrogens (tertiary/aromatic N) is 5. The standard InChI is InChI=1S/C13H22N6O2/c1-2-14-11-15-12(18-5-3-4-6-18)17-13(16-11)19-7-9(20)10(21)8-19/h9-10,20-21H,2-8H2,1H3,(H,14,15,16,17). The van der Waals surface area contributed by atoms with E-state index < -0.39 is 12.2 Å². The van der Waals surface area contributed by atoms with E-state index in [4.69, 9.17) is 0 Å². The summed E-state index contributed by atoms with van der Waals surface area (Å²) in [6.07, 6.45) is 0.802. The molecule has 1 aromatic rings. The summed E-state index contributed by atoms with van der Waals surface area (Å²) < 4.78 is 0. The number of β-amino-alcohol motifs (C(OH)–C–C–N with tert-alkyl or cyclic N) is 2. The second kappa shape index (κ2) is 5.98. The molecular weight excluding hydrogens is 272 g/mol. The molecule has 3 rings (SSSR count). The van der Waals surface area contributed by atoms with E-state index in [1.54, 1.807) is 4.90 Å². The Bertz CT molecular complexity index is 484. The van der Waals surface area contributed by atoms with Crippen molar-refractivity contribution < 1.29 is 10.2 Å². The van der Waals surface area contributed by atoms with Gasteiger partial charge in [-0.25, -0.2) is 0 Å². The fourth-order valence-electron chi connectivity index (χ4n) is 2.72. The predicted octanol–water partition coefficient (Wildman–Crippen LogP) is -0.555. The summed E-state index contributed by atoms with van der Waals surface area (Å²) in [6, 6.07) is 0. The molecule has 3 heterocycles. The van der Waals surface area contributed by atoms with Gasteiger partial charge in [-0.05, 0) is 19.8 Å². The molecular formula is C13H22N6O2. The molecule has 116 valence electrons. The Balaban J connectivity index is 1.87. The van der Waals surface area contributed by atoms with Crippen LogP contribution < -0.4 is 15.1 Å². The van der Waals surface area contributed by atoms with Crippen LogP contribution in [0.2, 0.25) is 0 Å². The molecule has 0 amide bonds. The Morgan fingerprint density at radius 1 is 1.00 bits per heavy atom. The lowest BCUT2D eigenvalue weighted by atomic mass is 10.3. The third-order valence-corrected chi connectivity index (χ3v) is 3.88. The van der Waals surface area contributed by atoms with Crippen LogP contribution in [0.1, 0.15) is 19.8 Å². The molecule has 21 heavy (non-hydrogen) atoms. The van der Waals surface area contributed by atoms with Crippen LogP contribution in [0.3, 0.4) is 0 Å². The summed E-state index contributed by atoms with van der Waals surface area (Å²) in [7, 11) is 0. The maximum Gasteiger partial charge on any atom is 0.232 e. The number of hydrogen-bond acceptors (Lipinski definition) is 8. The van der Waals surface area contributed by atoms with E-state index >= 15 is 0 Å². The van der Waals surface area contributed by atoms with Gasteiger partial charge in [-0.1, -0.05) is 0 Å². The molecule has 8 nitrogen and oxygen atoms in total. The van der Waals surface area contributed by atoms with Crippen molar-refractivity contribution in [3.05, 3.63) is 0 Å². The van der Waals surface area contributed by atoms with Crippen molar-refractivity contribution in [1.29, 1.82) is 0 Å². The minimum atomic E-state index is -0.750. The second-order valence-electron chi connectivity index (χ2n) is 5.52. The number of anilines is 3. The molecule has 0 aromatic carbocycles. The van der Waals surface area contributed by atoms with E-state index in [9.17, 15) is 10.2 Å². The number of rotatable bonds is 4. The third kappa shape index (κ3) is 3.01. The SMILES string of the molecule is CCNc1nc(N2CCCC2)nc(N2CC(O)C(O)C2)n1. The van der Waals surface area contributed by atoms with Gasteiger partial charge in [0.15, 0.2) is 0 Å². The van der Waals surface area contributed by atoms with Crippen molar-refractivity contribution in [1.82, 2.24) is 15.0 Å². The molecule has 2 aliphatic heterocycles. The van der Waals surface area contributed by atoms with Crippen LogP contribution in [0.4, 0.5) is 17.8 Å². The Morgan fingerprint density at radius 2 is 1.57 bits per heavy atom. The van der Waals surface area contributed by atoms with E-state index in [0.717, 1.165) is 32.5 Å². The maximum absolute atomic E-state index is 9.69. The van der Waals surface area contributed by atoms with Crippen LogP contribution in [-0.4, -0.2) is 70.1 Å². The molecule has 0 bridgehead atoms. The maximum atomic E-state index is 9.69. The number of hydrogen-bond donors (Lipinski definition) is 3. The van der Waals surface area contributed by atoms with Crippen LogP contribution in [0.15, 0.2) is 0 Å². The van der Waals surface area contributed by atoms with Gasteiger partial charge in [0.05, 0.1) is 12.2 Å². The van der Waals surface area contributed by atoms with Crippen LogP contribution >= 0.6 is 0 Å². The minimum absolute atomic E-state index is 0.343. The van der Waals surface area contributed by atoms with Gasteiger partial charge in [-0.2, -0.15) is 15.0 Å². The Morgan fingerprint density at radius 3 is 2.14 bits per heavy atom. The van der Waals surface area contributed by atoms with Crippen LogP contribution in [0.25, 0.3) is 0 Å².